The number of halogens is 1. The van der Waals surface area contributed by atoms with E-state index in [1.807, 2.05) is 24.4 Å². The third-order valence-corrected chi connectivity index (χ3v) is 5.47. The number of ether oxygens (including phenoxy) is 2. The predicted molar refractivity (Wildman–Crippen MR) is 98.9 cm³/mol. The maximum atomic E-state index is 13.2. The molecule has 0 fully saturated rings. The molecule has 0 aliphatic heterocycles. The molecular formula is C19H19FNO4S+. The molecule has 0 aliphatic carbocycles. The number of carbonyl (C=O) groups excluding carboxylic acids is 1. The lowest BCUT2D eigenvalue weighted by Crippen LogP contribution is -2.11. The van der Waals surface area contributed by atoms with Crippen LogP contribution in [0.1, 0.15) is 12.0 Å². The number of carbonyl (C=O) groups is 1. The molecule has 3 rings (SSSR count). The maximum Gasteiger partial charge on any atom is 0.310 e. The second-order valence-electron chi connectivity index (χ2n) is 5.66. The van der Waals surface area contributed by atoms with E-state index in [0.29, 0.717) is 17.1 Å². The molecule has 1 atom stereocenters. The molecule has 1 aromatic heterocycles. The Bertz CT molecular complexity index is 923. The first-order valence-corrected chi connectivity index (χ1v) is 9.11. The van der Waals surface area contributed by atoms with Gasteiger partial charge in [-0.1, -0.05) is 0 Å². The predicted octanol–water partition coefficient (Wildman–Crippen LogP) is 3.81. The Labute approximate surface area is 153 Å². The minimum atomic E-state index is -1.29. The summed E-state index contributed by atoms with van der Waals surface area (Å²) in [5.41, 5.74) is 1.71. The van der Waals surface area contributed by atoms with Crippen LogP contribution in [0.15, 0.2) is 53.6 Å². The van der Waals surface area contributed by atoms with Crippen molar-refractivity contribution in [1.82, 2.24) is 3.97 Å². The largest absolute Gasteiger partial charge is 0.497 e. The zero-order valence-corrected chi connectivity index (χ0v) is 15.3. The van der Waals surface area contributed by atoms with Gasteiger partial charge in [0.2, 0.25) is 4.90 Å². The van der Waals surface area contributed by atoms with E-state index >= 15 is 0 Å². The Hall–Kier alpha value is -2.51. The van der Waals surface area contributed by atoms with Crippen molar-refractivity contribution in [2.24, 2.45) is 0 Å². The van der Waals surface area contributed by atoms with Gasteiger partial charge in [-0.25, -0.2) is 4.39 Å². The Morgan fingerprint density at radius 3 is 2.58 bits per heavy atom. The van der Waals surface area contributed by atoms with Crippen LogP contribution in [0, 0.1) is 5.82 Å². The molecule has 0 bridgehead atoms. The average molecular weight is 376 g/mol. The monoisotopic (exact) mass is 376 g/mol. The Kier molecular flexibility index (Phi) is 5.49. The minimum Gasteiger partial charge on any atom is -0.497 e. The molecule has 0 amide bonds. The number of aromatic nitrogens is 1. The topological polar surface area (TPSA) is 60.7 Å². The van der Waals surface area contributed by atoms with Gasteiger partial charge in [-0.05, 0) is 42.3 Å². The van der Waals surface area contributed by atoms with Gasteiger partial charge in [-0.2, -0.15) is 4.55 Å². The van der Waals surface area contributed by atoms with Crippen molar-refractivity contribution in [3.8, 4) is 5.75 Å². The molecule has 26 heavy (non-hydrogen) atoms. The molecule has 3 aromatic rings. The number of hydrogen-bond donors (Lipinski definition) is 1. The summed E-state index contributed by atoms with van der Waals surface area (Å²) in [5, 5.41) is 0.891. The second kappa shape index (κ2) is 7.80. The molecule has 0 saturated heterocycles. The lowest BCUT2D eigenvalue weighted by atomic mass is 10.1. The zero-order valence-electron chi connectivity index (χ0n) is 14.4. The third-order valence-electron chi connectivity index (χ3n) is 4.10. The van der Waals surface area contributed by atoms with Gasteiger partial charge in [0.05, 0.1) is 20.4 Å². The van der Waals surface area contributed by atoms with Crippen LogP contribution < -0.4 is 4.74 Å². The molecule has 0 aliphatic rings. The summed E-state index contributed by atoms with van der Waals surface area (Å²) in [6, 6.07) is 11.3. The number of nitrogens with zero attached hydrogens (tertiary/aromatic N) is 1. The number of esters is 1. The molecule has 0 radical (unpaired) electrons. The zero-order chi connectivity index (χ0) is 18.7. The fourth-order valence-corrected chi connectivity index (χ4v) is 3.90. The third kappa shape index (κ3) is 3.68. The maximum absolute atomic E-state index is 13.2. The second-order valence-corrected chi connectivity index (χ2v) is 7.05. The van der Waals surface area contributed by atoms with Gasteiger partial charge in [0.25, 0.3) is 0 Å². The van der Waals surface area contributed by atoms with Crippen molar-refractivity contribution in [2.75, 3.05) is 14.2 Å². The van der Waals surface area contributed by atoms with Crippen LogP contribution in [0.5, 0.6) is 5.75 Å². The number of methoxy groups -OCH3 is 2. The normalized spacial score (nSPS) is 12.2. The quantitative estimate of drug-likeness (QED) is 0.525. The smallest absolute Gasteiger partial charge is 0.310 e. The summed E-state index contributed by atoms with van der Waals surface area (Å²) in [5.74, 6) is 0.0381. The highest BCUT2D eigenvalue weighted by Gasteiger charge is 2.27. The molecule has 5 nitrogen and oxygen atoms in total. The average Bonchev–Trinajstić information content (AvgIpc) is 3.03. The van der Waals surface area contributed by atoms with Crippen LogP contribution in [0.25, 0.3) is 10.9 Å². The molecular weight excluding hydrogens is 357 g/mol. The first-order valence-electron chi connectivity index (χ1n) is 7.97. The molecule has 1 heterocycles. The Morgan fingerprint density at radius 1 is 1.19 bits per heavy atom. The van der Waals surface area contributed by atoms with Gasteiger partial charge in [-0.15, -0.1) is 3.97 Å². The standard InChI is InChI=1S/C19H19FNO4S/c1-24-15-6-9-18-17(11-15)13(3-10-19(22)25-2)12-21(18)26(23)16-7-4-14(20)5-8-16/h4-9,11-12,23H,3,10H2,1-2H3/q+1. The molecule has 2 aromatic carbocycles. The highest BCUT2D eigenvalue weighted by molar-refractivity contribution is 7.90. The molecule has 136 valence electrons. The van der Waals surface area contributed by atoms with Gasteiger partial charge in [0.15, 0.2) is 0 Å². The van der Waals surface area contributed by atoms with Gasteiger partial charge in [0.1, 0.15) is 17.1 Å². The van der Waals surface area contributed by atoms with Gasteiger partial charge in [0, 0.05) is 23.9 Å². The van der Waals surface area contributed by atoms with E-state index in [-0.39, 0.29) is 18.2 Å². The summed E-state index contributed by atoms with van der Waals surface area (Å²) in [6.45, 7) is 0. The first kappa shape index (κ1) is 18.3. The summed E-state index contributed by atoms with van der Waals surface area (Å²) in [6.07, 6.45) is 2.53. The van der Waals surface area contributed by atoms with E-state index in [9.17, 15) is 13.7 Å². The number of hydrogen-bond acceptors (Lipinski definition) is 4. The number of fused-ring (bicyclic) bond motifs is 1. The van der Waals surface area contributed by atoms with Gasteiger partial charge in [-0.3, -0.25) is 4.79 Å². The van der Waals surface area contributed by atoms with E-state index in [2.05, 4.69) is 0 Å². The molecule has 7 heteroatoms. The SMILES string of the molecule is COC(=O)CCc1cn([S+](O)c2ccc(F)cc2)c2ccc(OC)cc12. The van der Waals surface area contributed by atoms with Gasteiger partial charge >= 0.3 is 17.3 Å². The molecule has 1 N–H and O–H groups in total. The van der Waals surface area contributed by atoms with Gasteiger partial charge < -0.3 is 9.47 Å². The minimum absolute atomic E-state index is 0.239. The van der Waals surface area contributed by atoms with E-state index in [4.69, 9.17) is 9.47 Å². The fraction of sp³-hybridized carbons (Fsp3) is 0.211. The van der Waals surface area contributed by atoms with Crippen LogP contribution in [-0.2, 0) is 27.3 Å². The van der Waals surface area contributed by atoms with Crippen LogP contribution in [-0.4, -0.2) is 28.7 Å². The van der Waals surface area contributed by atoms with Crippen molar-refractivity contribution < 1.29 is 23.2 Å². The lowest BCUT2D eigenvalue weighted by Gasteiger charge is -2.03. The van der Waals surface area contributed by atoms with E-state index in [0.717, 1.165) is 16.5 Å². The van der Waals surface area contributed by atoms with E-state index in [1.165, 1.54) is 19.2 Å². The molecule has 0 saturated carbocycles. The highest BCUT2D eigenvalue weighted by Crippen LogP contribution is 2.30. The summed E-state index contributed by atoms with van der Waals surface area (Å²) >= 11 is -1.29. The van der Waals surface area contributed by atoms with E-state index in [1.54, 1.807) is 23.2 Å². The van der Waals surface area contributed by atoms with Crippen LogP contribution in [0.4, 0.5) is 4.39 Å². The Balaban J connectivity index is 2.04. The van der Waals surface area contributed by atoms with Crippen LogP contribution >= 0.6 is 0 Å². The van der Waals surface area contributed by atoms with Crippen molar-refractivity contribution >= 4 is 28.2 Å². The van der Waals surface area contributed by atoms with Crippen molar-refractivity contribution in [1.29, 1.82) is 0 Å². The molecule has 1 unspecified atom stereocenters. The molecule has 0 spiro atoms. The number of benzene rings is 2. The van der Waals surface area contributed by atoms with Crippen molar-refractivity contribution in [3.05, 3.63) is 60.0 Å². The van der Waals surface area contributed by atoms with E-state index < -0.39 is 11.4 Å². The summed E-state index contributed by atoms with van der Waals surface area (Å²) < 4.78 is 35.7. The van der Waals surface area contributed by atoms with Crippen molar-refractivity contribution in [2.45, 2.75) is 17.7 Å². The fourth-order valence-electron chi connectivity index (χ4n) is 2.72. The summed E-state index contributed by atoms with van der Waals surface area (Å²) in [7, 11) is 2.94. The summed E-state index contributed by atoms with van der Waals surface area (Å²) in [4.78, 5) is 12.1. The number of rotatable bonds is 6. The van der Waals surface area contributed by atoms with Crippen molar-refractivity contribution in [3.63, 3.8) is 0 Å². The first-order chi connectivity index (χ1) is 12.5. The Morgan fingerprint density at radius 2 is 1.92 bits per heavy atom. The van der Waals surface area contributed by atoms with Crippen LogP contribution in [0.2, 0.25) is 0 Å². The van der Waals surface area contributed by atoms with Crippen LogP contribution in [0.3, 0.4) is 0 Å². The lowest BCUT2D eigenvalue weighted by molar-refractivity contribution is -0.140. The number of aryl methyl sites for hydroxylation is 1. The highest BCUT2D eigenvalue weighted by atomic mass is 32.2.